The molecular weight excluding hydrogens is 412 g/mol. The molecule has 0 aliphatic carbocycles. The van der Waals surface area contributed by atoms with Crippen LogP contribution in [0.1, 0.15) is 35.0 Å². The van der Waals surface area contributed by atoms with Crippen molar-refractivity contribution in [2.75, 3.05) is 42.6 Å². The maximum Gasteiger partial charge on any atom is 0.360 e. The second-order valence-corrected chi connectivity index (χ2v) is 8.35. The molecule has 7 heteroatoms. The van der Waals surface area contributed by atoms with Crippen LogP contribution >= 0.6 is 11.6 Å². The predicted octanol–water partition coefficient (Wildman–Crippen LogP) is 4.79. The van der Waals surface area contributed by atoms with E-state index in [1.54, 1.807) is 0 Å². The van der Waals surface area contributed by atoms with Gasteiger partial charge in [0.1, 0.15) is 0 Å². The number of fused-ring (bicyclic) bond motifs is 1. The Kier molecular flexibility index (Phi) is 6.28. The van der Waals surface area contributed by atoms with Crippen LogP contribution in [-0.2, 0) is 4.74 Å². The fraction of sp³-hybridized carbons (Fsp3) is 0.375. The number of benzene rings is 2. The molecule has 162 valence electrons. The number of anilines is 2. The summed E-state index contributed by atoms with van der Waals surface area (Å²) in [5, 5.41) is 0.729. The molecule has 6 nitrogen and oxygen atoms in total. The Morgan fingerprint density at radius 1 is 1.00 bits per heavy atom. The van der Waals surface area contributed by atoms with Crippen molar-refractivity contribution in [3.8, 4) is 0 Å². The van der Waals surface area contributed by atoms with Gasteiger partial charge in [-0.25, -0.2) is 14.8 Å². The summed E-state index contributed by atoms with van der Waals surface area (Å²) in [5.41, 5.74) is 5.18. The molecule has 3 aromatic rings. The Balaban J connectivity index is 1.65. The first-order valence-corrected chi connectivity index (χ1v) is 11.1. The van der Waals surface area contributed by atoms with Crippen molar-refractivity contribution in [3.63, 3.8) is 0 Å². The number of hydrogen-bond acceptors (Lipinski definition) is 6. The first-order chi connectivity index (χ1) is 15.0. The number of rotatable bonds is 5. The van der Waals surface area contributed by atoms with Crippen LogP contribution in [0, 0.1) is 13.8 Å². The topological polar surface area (TPSA) is 58.6 Å². The number of esters is 1. The summed E-state index contributed by atoms with van der Waals surface area (Å²) in [7, 11) is 0. The van der Waals surface area contributed by atoms with E-state index in [1.165, 1.54) is 0 Å². The zero-order chi connectivity index (χ0) is 22.0. The predicted molar refractivity (Wildman–Crippen MR) is 125 cm³/mol. The summed E-state index contributed by atoms with van der Waals surface area (Å²) in [4.78, 5) is 26.8. The average molecular weight is 439 g/mol. The van der Waals surface area contributed by atoms with E-state index in [2.05, 4.69) is 27.8 Å². The summed E-state index contributed by atoms with van der Waals surface area (Å²) < 4.78 is 5.42. The van der Waals surface area contributed by atoms with E-state index in [0.717, 1.165) is 60.0 Å². The Hall–Kier alpha value is -2.86. The third-order valence-electron chi connectivity index (χ3n) is 5.64. The lowest BCUT2D eigenvalue weighted by molar-refractivity contribution is 0.0499. The van der Waals surface area contributed by atoms with Crippen LogP contribution in [-0.4, -0.2) is 48.7 Å². The van der Waals surface area contributed by atoms with Crippen molar-refractivity contribution in [3.05, 3.63) is 58.2 Å². The van der Waals surface area contributed by atoms with Crippen LogP contribution in [0.25, 0.3) is 11.0 Å². The van der Waals surface area contributed by atoms with Crippen molar-refractivity contribution >= 4 is 40.1 Å². The van der Waals surface area contributed by atoms with Crippen LogP contribution in [0.15, 0.2) is 36.4 Å². The molecule has 1 aromatic heterocycles. The molecule has 0 bridgehead atoms. The summed E-state index contributed by atoms with van der Waals surface area (Å²) in [6.07, 6.45) is 0.763. The van der Waals surface area contributed by atoms with E-state index in [-0.39, 0.29) is 0 Å². The number of hydrogen-bond donors (Lipinski definition) is 0. The van der Waals surface area contributed by atoms with Crippen LogP contribution in [0.4, 0.5) is 11.5 Å². The molecule has 0 unspecified atom stereocenters. The first kappa shape index (κ1) is 21.4. The fourth-order valence-electron chi connectivity index (χ4n) is 3.77. The molecule has 1 fully saturated rings. The average Bonchev–Trinajstić information content (AvgIpc) is 2.77. The van der Waals surface area contributed by atoms with Gasteiger partial charge in [0.05, 0.1) is 17.6 Å². The second kappa shape index (κ2) is 9.10. The van der Waals surface area contributed by atoms with Gasteiger partial charge in [-0.15, -0.1) is 0 Å². The van der Waals surface area contributed by atoms with Crippen molar-refractivity contribution in [1.82, 2.24) is 9.97 Å². The highest BCUT2D eigenvalue weighted by Gasteiger charge is 2.26. The molecule has 1 saturated heterocycles. The second-order valence-electron chi connectivity index (χ2n) is 7.91. The number of aromatic nitrogens is 2. The maximum absolute atomic E-state index is 12.8. The Morgan fingerprint density at radius 2 is 1.65 bits per heavy atom. The summed E-state index contributed by atoms with van der Waals surface area (Å²) >= 11 is 6.16. The van der Waals surface area contributed by atoms with E-state index < -0.39 is 5.97 Å². The van der Waals surface area contributed by atoms with E-state index in [4.69, 9.17) is 21.3 Å². The number of piperazine rings is 1. The first-order valence-electron chi connectivity index (χ1n) is 10.7. The number of aryl methyl sites for hydroxylation is 2. The molecule has 0 amide bonds. The molecule has 0 N–H and O–H groups in total. The standard InChI is InChI=1S/C24H27ClN4O2/c1-4-12-31-24(30)22-23(27-21-14-17(3)16(2)13-20(21)26-22)29-10-8-28(9-11-29)19-7-5-6-18(25)15-19/h5-7,13-15H,4,8-12H2,1-3H3. The Bertz CT molecular complexity index is 1110. The largest absolute Gasteiger partial charge is 0.461 e. The molecule has 0 atom stereocenters. The van der Waals surface area contributed by atoms with Crippen LogP contribution in [0.5, 0.6) is 0 Å². The van der Waals surface area contributed by atoms with Crippen molar-refractivity contribution in [1.29, 1.82) is 0 Å². The zero-order valence-electron chi connectivity index (χ0n) is 18.2. The number of carbonyl (C=O) groups excluding carboxylic acids is 1. The fourth-order valence-corrected chi connectivity index (χ4v) is 3.96. The van der Waals surface area contributed by atoms with Gasteiger partial charge in [0.2, 0.25) is 0 Å². The van der Waals surface area contributed by atoms with Gasteiger partial charge >= 0.3 is 5.97 Å². The normalized spacial score (nSPS) is 14.2. The van der Waals surface area contributed by atoms with Crippen LogP contribution < -0.4 is 9.80 Å². The maximum atomic E-state index is 12.8. The van der Waals surface area contributed by atoms with Crippen molar-refractivity contribution in [2.45, 2.75) is 27.2 Å². The van der Waals surface area contributed by atoms with Crippen LogP contribution in [0.3, 0.4) is 0 Å². The molecule has 1 aliphatic rings. The molecule has 0 saturated carbocycles. The van der Waals surface area contributed by atoms with E-state index in [1.807, 2.05) is 44.2 Å². The lowest BCUT2D eigenvalue weighted by Gasteiger charge is -2.37. The molecule has 2 aromatic carbocycles. The number of carbonyl (C=O) groups is 1. The number of halogens is 1. The quantitative estimate of drug-likeness (QED) is 0.533. The Morgan fingerprint density at radius 3 is 2.29 bits per heavy atom. The highest BCUT2D eigenvalue weighted by atomic mass is 35.5. The van der Waals surface area contributed by atoms with Gasteiger partial charge in [-0.2, -0.15) is 0 Å². The molecule has 0 spiro atoms. The molecule has 0 radical (unpaired) electrons. The smallest absolute Gasteiger partial charge is 0.360 e. The van der Waals surface area contributed by atoms with Gasteiger partial charge < -0.3 is 14.5 Å². The van der Waals surface area contributed by atoms with Gasteiger partial charge in [0.15, 0.2) is 11.5 Å². The minimum atomic E-state index is -0.415. The molecule has 4 rings (SSSR count). The highest BCUT2D eigenvalue weighted by molar-refractivity contribution is 6.30. The van der Waals surface area contributed by atoms with E-state index >= 15 is 0 Å². The van der Waals surface area contributed by atoms with Gasteiger partial charge in [-0.05, 0) is 61.7 Å². The minimum Gasteiger partial charge on any atom is -0.461 e. The molecular formula is C24H27ClN4O2. The monoisotopic (exact) mass is 438 g/mol. The van der Waals surface area contributed by atoms with Crippen molar-refractivity contribution < 1.29 is 9.53 Å². The Labute approximate surface area is 187 Å². The number of nitrogens with zero attached hydrogens (tertiary/aromatic N) is 4. The van der Waals surface area contributed by atoms with E-state index in [0.29, 0.717) is 23.6 Å². The SMILES string of the molecule is CCCOC(=O)c1nc2cc(C)c(C)cc2nc1N1CCN(c2cccc(Cl)c2)CC1. The highest BCUT2D eigenvalue weighted by Crippen LogP contribution is 2.27. The summed E-state index contributed by atoms with van der Waals surface area (Å²) in [6, 6.07) is 11.9. The van der Waals surface area contributed by atoms with Gasteiger partial charge in [-0.1, -0.05) is 24.6 Å². The van der Waals surface area contributed by atoms with Gasteiger partial charge in [-0.3, -0.25) is 0 Å². The zero-order valence-corrected chi connectivity index (χ0v) is 18.9. The minimum absolute atomic E-state index is 0.292. The molecule has 1 aliphatic heterocycles. The third kappa shape index (κ3) is 4.59. The third-order valence-corrected chi connectivity index (χ3v) is 5.88. The van der Waals surface area contributed by atoms with Gasteiger partial charge in [0, 0.05) is 36.9 Å². The lowest BCUT2D eigenvalue weighted by atomic mass is 10.1. The summed E-state index contributed by atoms with van der Waals surface area (Å²) in [6.45, 7) is 9.50. The van der Waals surface area contributed by atoms with Crippen molar-refractivity contribution in [2.24, 2.45) is 0 Å². The number of ether oxygens (including phenoxy) is 1. The van der Waals surface area contributed by atoms with E-state index in [9.17, 15) is 4.79 Å². The van der Waals surface area contributed by atoms with Gasteiger partial charge in [0.25, 0.3) is 0 Å². The summed E-state index contributed by atoms with van der Waals surface area (Å²) in [5.74, 6) is 0.185. The van der Waals surface area contributed by atoms with Crippen LogP contribution in [0.2, 0.25) is 5.02 Å². The molecule has 31 heavy (non-hydrogen) atoms. The molecule has 2 heterocycles. The lowest BCUT2D eigenvalue weighted by Crippen LogP contribution is -2.47.